The van der Waals surface area contributed by atoms with E-state index in [1.807, 2.05) is 25.1 Å². The molecular weight excluding hydrogens is 282 g/mol. The summed E-state index contributed by atoms with van der Waals surface area (Å²) < 4.78 is 5.30. The number of methoxy groups -OCH3 is 1. The number of likely N-dealkylation sites (N-methyl/N-ethyl adjacent to an activating group) is 1. The third-order valence-electron chi connectivity index (χ3n) is 4.20. The predicted octanol–water partition coefficient (Wildman–Crippen LogP) is 0.854. The van der Waals surface area contributed by atoms with Gasteiger partial charge in [-0.1, -0.05) is 12.1 Å². The summed E-state index contributed by atoms with van der Waals surface area (Å²) in [5.41, 5.74) is 6.31. The molecule has 1 fully saturated rings. The van der Waals surface area contributed by atoms with Crippen molar-refractivity contribution in [3.05, 3.63) is 24.3 Å². The SMILES string of the molecule is COc1ccccc1N1CC(C(=O)N(C)C(C)CN)CC1=O. The summed E-state index contributed by atoms with van der Waals surface area (Å²) in [5, 5.41) is 0. The molecule has 2 amide bonds. The second kappa shape index (κ2) is 6.79. The van der Waals surface area contributed by atoms with Gasteiger partial charge in [0.2, 0.25) is 11.8 Å². The van der Waals surface area contributed by atoms with Crippen LogP contribution in [-0.2, 0) is 9.59 Å². The molecule has 2 unspecified atom stereocenters. The van der Waals surface area contributed by atoms with Crippen LogP contribution in [-0.4, -0.2) is 50.0 Å². The molecule has 120 valence electrons. The average molecular weight is 305 g/mol. The Morgan fingerprint density at radius 2 is 2.18 bits per heavy atom. The van der Waals surface area contributed by atoms with Gasteiger partial charge in [-0.2, -0.15) is 0 Å². The number of hydrogen-bond donors (Lipinski definition) is 1. The Bertz CT molecular complexity index is 561. The van der Waals surface area contributed by atoms with E-state index in [4.69, 9.17) is 10.5 Å². The van der Waals surface area contributed by atoms with Crippen LogP contribution >= 0.6 is 0 Å². The summed E-state index contributed by atoms with van der Waals surface area (Å²) in [6, 6.07) is 7.30. The highest BCUT2D eigenvalue weighted by molar-refractivity contribution is 6.01. The number of carbonyl (C=O) groups excluding carboxylic acids is 2. The maximum Gasteiger partial charge on any atom is 0.228 e. The van der Waals surface area contributed by atoms with Gasteiger partial charge < -0.3 is 20.3 Å². The summed E-state index contributed by atoms with van der Waals surface area (Å²) >= 11 is 0. The lowest BCUT2D eigenvalue weighted by molar-refractivity contribution is -0.136. The number of para-hydroxylation sites is 2. The molecule has 1 aromatic carbocycles. The van der Waals surface area contributed by atoms with Gasteiger partial charge in [0.25, 0.3) is 0 Å². The first-order chi connectivity index (χ1) is 10.5. The fraction of sp³-hybridized carbons (Fsp3) is 0.500. The molecule has 0 aliphatic carbocycles. The number of ether oxygens (including phenoxy) is 1. The Balaban J connectivity index is 2.16. The topological polar surface area (TPSA) is 75.9 Å². The van der Waals surface area contributed by atoms with Crippen molar-refractivity contribution in [2.45, 2.75) is 19.4 Å². The summed E-state index contributed by atoms with van der Waals surface area (Å²) in [6.07, 6.45) is 0.221. The van der Waals surface area contributed by atoms with Gasteiger partial charge in [-0.25, -0.2) is 0 Å². The second-order valence-corrected chi connectivity index (χ2v) is 5.61. The number of nitrogens with two attached hydrogens (primary N) is 1. The van der Waals surface area contributed by atoms with E-state index in [2.05, 4.69) is 0 Å². The smallest absolute Gasteiger partial charge is 0.228 e. The van der Waals surface area contributed by atoms with Gasteiger partial charge in [0.15, 0.2) is 0 Å². The number of amides is 2. The molecule has 0 saturated carbocycles. The van der Waals surface area contributed by atoms with E-state index in [0.717, 1.165) is 0 Å². The molecule has 1 heterocycles. The zero-order valence-corrected chi connectivity index (χ0v) is 13.3. The predicted molar refractivity (Wildman–Crippen MR) is 84.7 cm³/mol. The molecule has 0 bridgehead atoms. The molecule has 2 atom stereocenters. The third-order valence-corrected chi connectivity index (χ3v) is 4.20. The minimum absolute atomic E-state index is 0.0382. The molecule has 1 aliphatic heterocycles. The van der Waals surface area contributed by atoms with Crippen LogP contribution in [0.1, 0.15) is 13.3 Å². The normalized spacial score (nSPS) is 19.2. The van der Waals surface area contributed by atoms with E-state index >= 15 is 0 Å². The number of anilines is 1. The molecule has 1 aliphatic rings. The molecular formula is C16H23N3O3. The Hall–Kier alpha value is -2.08. The fourth-order valence-corrected chi connectivity index (χ4v) is 2.62. The van der Waals surface area contributed by atoms with Gasteiger partial charge in [-0.05, 0) is 19.1 Å². The van der Waals surface area contributed by atoms with Gasteiger partial charge in [-0.15, -0.1) is 0 Å². The van der Waals surface area contributed by atoms with Crippen LogP contribution in [0.2, 0.25) is 0 Å². The van der Waals surface area contributed by atoms with E-state index in [9.17, 15) is 9.59 Å². The first kappa shape index (κ1) is 16.3. The molecule has 1 saturated heterocycles. The molecule has 6 nitrogen and oxygen atoms in total. The lowest BCUT2D eigenvalue weighted by Crippen LogP contribution is -2.43. The summed E-state index contributed by atoms with van der Waals surface area (Å²) in [4.78, 5) is 28.0. The number of nitrogens with zero attached hydrogens (tertiary/aromatic N) is 2. The lowest BCUT2D eigenvalue weighted by atomic mass is 10.1. The zero-order valence-electron chi connectivity index (χ0n) is 13.3. The Kier molecular flexibility index (Phi) is 5.03. The van der Waals surface area contributed by atoms with Gasteiger partial charge >= 0.3 is 0 Å². The minimum Gasteiger partial charge on any atom is -0.495 e. The van der Waals surface area contributed by atoms with Crippen molar-refractivity contribution >= 4 is 17.5 Å². The van der Waals surface area contributed by atoms with Crippen LogP contribution in [0.4, 0.5) is 5.69 Å². The van der Waals surface area contributed by atoms with E-state index in [1.54, 1.807) is 30.0 Å². The molecule has 0 radical (unpaired) electrons. The number of hydrogen-bond acceptors (Lipinski definition) is 4. The maximum atomic E-state index is 12.5. The van der Waals surface area contributed by atoms with Gasteiger partial charge in [0.1, 0.15) is 5.75 Å². The second-order valence-electron chi connectivity index (χ2n) is 5.61. The van der Waals surface area contributed by atoms with E-state index in [-0.39, 0.29) is 30.2 Å². The van der Waals surface area contributed by atoms with E-state index in [0.29, 0.717) is 24.5 Å². The van der Waals surface area contributed by atoms with Gasteiger partial charge in [-0.3, -0.25) is 9.59 Å². The van der Waals surface area contributed by atoms with E-state index in [1.165, 1.54) is 0 Å². The van der Waals surface area contributed by atoms with Crippen molar-refractivity contribution in [2.24, 2.45) is 11.7 Å². The quantitative estimate of drug-likeness (QED) is 0.875. The molecule has 0 spiro atoms. The number of rotatable bonds is 5. The number of carbonyl (C=O) groups is 2. The molecule has 0 aromatic heterocycles. The maximum absolute atomic E-state index is 12.5. The first-order valence-electron chi connectivity index (χ1n) is 7.39. The van der Waals surface area contributed by atoms with Crippen molar-refractivity contribution in [3.63, 3.8) is 0 Å². The van der Waals surface area contributed by atoms with Crippen molar-refractivity contribution in [1.82, 2.24) is 4.90 Å². The Labute approximate surface area is 130 Å². The van der Waals surface area contributed by atoms with Crippen LogP contribution in [0.15, 0.2) is 24.3 Å². The molecule has 6 heteroatoms. The minimum atomic E-state index is -0.337. The van der Waals surface area contributed by atoms with Crippen molar-refractivity contribution in [1.29, 1.82) is 0 Å². The largest absolute Gasteiger partial charge is 0.495 e. The average Bonchev–Trinajstić information content (AvgIpc) is 2.94. The van der Waals surface area contributed by atoms with Crippen molar-refractivity contribution < 1.29 is 14.3 Å². The highest BCUT2D eigenvalue weighted by Gasteiger charge is 2.38. The van der Waals surface area contributed by atoms with Crippen molar-refractivity contribution in [3.8, 4) is 5.75 Å². The summed E-state index contributed by atoms with van der Waals surface area (Å²) in [5.74, 6) is 0.199. The Morgan fingerprint density at radius 3 is 2.82 bits per heavy atom. The van der Waals surface area contributed by atoms with Gasteiger partial charge in [0.05, 0.1) is 18.7 Å². The third kappa shape index (κ3) is 3.06. The van der Waals surface area contributed by atoms with Crippen LogP contribution in [0, 0.1) is 5.92 Å². The summed E-state index contributed by atoms with van der Waals surface area (Å²) in [7, 11) is 3.30. The van der Waals surface area contributed by atoms with Crippen LogP contribution in [0.3, 0.4) is 0 Å². The van der Waals surface area contributed by atoms with Crippen molar-refractivity contribution in [2.75, 3.05) is 32.1 Å². The Morgan fingerprint density at radius 1 is 1.50 bits per heavy atom. The zero-order chi connectivity index (χ0) is 16.3. The molecule has 1 aromatic rings. The fourth-order valence-electron chi connectivity index (χ4n) is 2.62. The van der Waals surface area contributed by atoms with Crippen LogP contribution < -0.4 is 15.4 Å². The van der Waals surface area contributed by atoms with Crippen LogP contribution in [0.5, 0.6) is 5.75 Å². The molecule has 22 heavy (non-hydrogen) atoms. The first-order valence-corrected chi connectivity index (χ1v) is 7.39. The standard InChI is InChI=1S/C16H23N3O3/c1-11(9-17)18(2)16(21)12-8-15(20)19(10-12)13-6-4-5-7-14(13)22-3/h4-7,11-12H,8-10,17H2,1-3H3. The highest BCUT2D eigenvalue weighted by Crippen LogP contribution is 2.33. The highest BCUT2D eigenvalue weighted by atomic mass is 16.5. The van der Waals surface area contributed by atoms with Gasteiger partial charge in [0, 0.05) is 32.6 Å². The summed E-state index contributed by atoms with van der Waals surface area (Å²) in [6.45, 7) is 2.67. The van der Waals surface area contributed by atoms with E-state index < -0.39 is 0 Å². The molecule has 2 N–H and O–H groups in total. The van der Waals surface area contributed by atoms with Crippen LogP contribution in [0.25, 0.3) is 0 Å². The molecule has 2 rings (SSSR count). The number of benzene rings is 1. The monoisotopic (exact) mass is 305 g/mol. The lowest BCUT2D eigenvalue weighted by Gasteiger charge is -2.26.